The molecular weight excluding hydrogens is 262 g/mol. The first-order valence-electron chi connectivity index (χ1n) is 6.05. The number of rotatable bonds is 3. The lowest BCUT2D eigenvalue weighted by Gasteiger charge is -2.15. The smallest absolute Gasteiger partial charge is 0.270 e. The second-order valence-corrected chi connectivity index (χ2v) is 4.28. The van der Waals surface area contributed by atoms with Crippen LogP contribution in [0.15, 0.2) is 24.3 Å². The van der Waals surface area contributed by atoms with Crippen LogP contribution in [0, 0.1) is 10.1 Å². The summed E-state index contributed by atoms with van der Waals surface area (Å²) in [5.74, 6) is 0.344. The molecule has 0 unspecified atom stereocenters. The lowest BCUT2D eigenvalue weighted by Crippen LogP contribution is -2.05. The van der Waals surface area contributed by atoms with Crippen LogP contribution in [0.25, 0.3) is 17.0 Å². The summed E-state index contributed by atoms with van der Waals surface area (Å²) in [4.78, 5) is 10.5. The molecule has 2 aromatic rings. The van der Waals surface area contributed by atoms with E-state index in [0.29, 0.717) is 24.6 Å². The highest BCUT2D eigenvalue weighted by atomic mass is 16.6. The maximum absolute atomic E-state index is 10.9. The molecule has 1 aromatic heterocycles. The summed E-state index contributed by atoms with van der Waals surface area (Å²) < 4.78 is 5.28. The van der Waals surface area contributed by atoms with E-state index in [1.54, 1.807) is 6.07 Å². The quantitative estimate of drug-likeness (QED) is 0.672. The Hall–Kier alpha value is -2.61. The van der Waals surface area contributed by atoms with E-state index in [4.69, 9.17) is 4.74 Å². The molecular formula is C12H11N5O3. The Morgan fingerprint density at radius 1 is 1.35 bits per heavy atom. The highest BCUT2D eigenvalue weighted by Crippen LogP contribution is 2.32. The Bertz CT molecular complexity index is 666. The monoisotopic (exact) mass is 273 g/mol. The lowest BCUT2D eigenvalue weighted by molar-refractivity contribution is -0.384. The molecule has 20 heavy (non-hydrogen) atoms. The summed E-state index contributed by atoms with van der Waals surface area (Å²) >= 11 is 0. The zero-order chi connectivity index (χ0) is 13.9. The third-order valence-electron chi connectivity index (χ3n) is 3.11. The Balaban J connectivity index is 2.13. The van der Waals surface area contributed by atoms with Crippen LogP contribution in [-0.4, -0.2) is 38.8 Å². The fourth-order valence-electron chi connectivity index (χ4n) is 2.16. The van der Waals surface area contributed by atoms with Crippen LogP contribution in [-0.2, 0) is 4.74 Å². The van der Waals surface area contributed by atoms with Gasteiger partial charge in [0.1, 0.15) is 0 Å². The number of hydrogen-bond acceptors (Lipinski definition) is 6. The van der Waals surface area contributed by atoms with E-state index < -0.39 is 4.92 Å². The van der Waals surface area contributed by atoms with Crippen molar-refractivity contribution >= 4 is 11.3 Å². The van der Waals surface area contributed by atoms with Gasteiger partial charge in [0.2, 0.25) is 5.82 Å². The number of nitro benzene ring substituents is 1. The fourth-order valence-corrected chi connectivity index (χ4v) is 2.16. The zero-order valence-corrected chi connectivity index (χ0v) is 10.4. The number of H-pyrrole nitrogens is 1. The van der Waals surface area contributed by atoms with Gasteiger partial charge >= 0.3 is 0 Å². The summed E-state index contributed by atoms with van der Waals surface area (Å²) in [6.45, 7) is 1.17. The minimum atomic E-state index is -0.439. The van der Waals surface area contributed by atoms with Gasteiger partial charge in [-0.05, 0) is 28.8 Å². The van der Waals surface area contributed by atoms with Crippen LogP contribution in [0.4, 0.5) is 5.69 Å². The van der Waals surface area contributed by atoms with Gasteiger partial charge in [0.05, 0.1) is 18.1 Å². The second-order valence-electron chi connectivity index (χ2n) is 4.28. The summed E-state index contributed by atoms with van der Waals surface area (Å²) in [6.07, 6.45) is 2.72. The van der Waals surface area contributed by atoms with Gasteiger partial charge in [-0.15, -0.1) is 10.2 Å². The van der Waals surface area contributed by atoms with E-state index in [1.807, 2.05) is 6.08 Å². The average Bonchev–Trinajstić information content (AvgIpc) is 3.01. The molecule has 0 spiro atoms. The number of nitrogens with zero attached hydrogens (tertiary/aromatic N) is 4. The predicted octanol–water partition coefficient (Wildman–Crippen LogP) is 1.58. The van der Waals surface area contributed by atoms with Gasteiger partial charge in [-0.1, -0.05) is 6.08 Å². The van der Waals surface area contributed by atoms with Crippen molar-refractivity contribution in [3.8, 4) is 11.4 Å². The Labute approximate surface area is 113 Å². The van der Waals surface area contributed by atoms with Gasteiger partial charge in [0.15, 0.2) is 0 Å². The molecule has 2 heterocycles. The normalized spacial score (nSPS) is 14.9. The van der Waals surface area contributed by atoms with Crippen molar-refractivity contribution in [2.24, 2.45) is 0 Å². The fraction of sp³-hybridized carbons (Fsp3) is 0.250. The molecule has 0 aliphatic carbocycles. The van der Waals surface area contributed by atoms with E-state index in [1.165, 1.54) is 12.1 Å². The van der Waals surface area contributed by atoms with Crippen LogP contribution in [0.5, 0.6) is 0 Å². The van der Waals surface area contributed by atoms with Crippen molar-refractivity contribution in [2.75, 3.05) is 13.2 Å². The Kier molecular flexibility index (Phi) is 3.21. The molecule has 0 bridgehead atoms. The summed E-state index contributed by atoms with van der Waals surface area (Å²) in [5.41, 5.74) is 2.55. The number of ether oxygens (including phenoxy) is 1. The molecule has 1 aliphatic heterocycles. The first-order chi connectivity index (χ1) is 9.75. The van der Waals surface area contributed by atoms with Crippen LogP contribution >= 0.6 is 0 Å². The highest BCUT2D eigenvalue weighted by Gasteiger charge is 2.18. The number of aromatic amines is 1. The Morgan fingerprint density at radius 2 is 2.25 bits per heavy atom. The lowest BCUT2D eigenvalue weighted by atomic mass is 9.95. The number of aromatic nitrogens is 4. The van der Waals surface area contributed by atoms with Crippen molar-refractivity contribution in [3.05, 3.63) is 40.0 Å². The summed E-state index contributed by atoms with van der Waals surface area (Å²) in [6, 6.07) is 4.67. The molecule has 0 radical (unpaired) electrons. The Morgan fingerprint density at radius 3 is 2.90 bits per heavy atom. The van der Waals surface area contributed by atoms with E-state index in [9.17, 15) is 10.1 Å². The topological polar surface area (TPSA) is 107 Å². The number of hydrogen-bond donors (Lipinski definition) is 1. The molecule has 102 valence electrons. The van der Waals surface area contributed by atoms with Crippen molar-refractivity contribution in [1.29, 1.82) is 0 Å². The van der Waals surface area contributed by atoms with Crippen molar-refractivity contribution in [1.82, 2.24) is 20.6 Å². The van der Waals surface area contributed by atoms with E-state index in [-0.39, 0.29) is 5.69 Å². The first kappa shape index (κ1) is 12.4. The van der Waals surface area contributed by atoms with Crippen LogP contribution in [0.2, 0.25) is 0 Å². The largest absolute Gasteiger partial charge is 0.377 e. The highest BCUT2D eigenvalue weighted by molar-refractivity contribution is 5.80. The van der Waals surface area contributed by atoms with E-state index in [2.05, 4.69) is 20.6 Å². The minimum absolute atomic E-state index is 0.00112. The summed E-state index contributed by atoms with van der Waals surface area (Å²) in [5, 5.41) is 24.6. The molecule has 0 saturated carbocycles. The molecule has 1 N–H and O–H groups in total. The molecule has 1 aromatic carbocycles. The maximum Gasteiger partial charge on any atom is 0.270 e. The molecule has 1 aliphatic rings. The van der Waals surface area contributed by atoms with Crippen LogP contribution in [0.3, 0.4) is 0 Å². The predicted molar refractivity (Wildman–Crippen MR) is 69.7 cm³/mol. The SMILES string of the molecule is O=[N+]([O-])c1ccc(C2=CCOCC2)c(-c2nn[nH]n2)c1. The second kappa shape index (κ2) is 5.17. The van der Waals surface area contributed by atoms with Gasteiger partial charge < -0.3 is 4.74 Å². The number of non-ortho nitro benzene ring substituents is 1. The number of benzene rings is 1. The zero-order valence-electron chi connectivity index (χ0n) is 10.4. The molecule has 0 amide bonds. The van der Waals surface area contributed by atoms with E-state index >= 15 is 0 Å². The third-order valence-corrected chi connectivity index (χ3v) is 3.11. The number of tetrazole rings is 1. The average molecular weight is 273 g/mol. The minimum Gasteiger partial charge on any atom is -0.377 e. The summed E-state index contributed by atoms with van der Waals surface area (Å²) in [7, 11) is 0. The molecule has 0 fully saturated rings. The van der Waals surface area contributed by atoms with E-state index in [0.717, 1.165) is 17.6 Å². The van der Waals surface area contributed by atoms with Crippen molar-refractivity contribution < 1.29 is 9.66 Å². The number of nitro groups is 1. The van der Waals surface area contributed by atoms with Gasteiger partial charge in [-0.25, -0.2) is 0 Å². The van der Waals surface area contributed by atoms with Crippen molar-refractivity contribution in [3.63, 3.8) is 0 Å². The molecule has 0 saturated heterocycles. The standard InChI is InChI=1S/C12H11N5O3/c18-17(19)9-1-2-10(8-3-5-20-6-4-8)11(7-9)12-13-15-16-14-12/h1-3,7H,4-6H2,(H,13,14,15,16). The molecule has 8 heteroatoms. The van der Waals surface area contributed by atoms with Crippen molar-refractivity contribution in [2.45, 2.75) is 6.42 Å². The van der Waals surface area contributed by atoms with Gasteiger partial charge in [0.25, 0.3) is 5.69 Å². The first-order valence-corrected chi connectivity index (χ1v) is 6.05. The number of nitrogens with one attached hydrogen (secondary N) is 1. The van der Waals surface area contributed by atoms with Gasteiger partial charge in [-0.2, -0.15) is 5.21 Å². The van der Waals surface area contributed by atoms with Crippen LogP contribution < -0.4 is 0 Å². The van der Waals surface area contributed by atoms with Gasteiger partial charge in [-0.3, -0.25) is 10.1 Å². The maximum atomic E-state index is 10.9. The van der Waals surface area contributed by atoms with Crippen LogP contribution in [0.1, 0.15) is 12.0 Å². The molecule has 8 nitrogen and oxygen atoms in total. The van der Waals surface area contributed by atoms with Gasteiger partial charge in [0, 0.05) is 17.7 Å². The molecule has 0 atom stereocenters. The third kappa shape index (κ3) is 2.28. The molecule has 3 rings (SSSR count).